The van der Waals surface area contributed by atoms with Crippen molar-refractivity contribution in [3.8, 4) is 0 Å². The molecule has 2 nitrogen and oxygen atoms in total. The molecule has 1 aliphatic heterocycles. The third-order valence-electron chi connectivity index (χ3n) is 1.68. The second-order valence-electron chi connectivity index (χ2n) is 2.65. The molecule has 0 aromatic heterocycles. The molecule has 1 rings (SSSR count). The van der Waals surface area contributed by atoms with E-state index >= 15 is 0 Å². The summed E-state index contributed by atoms with van der Waals surface area (Å²) in [5, 5.41) is 0. The molecule has 2 heteroatoms. The molecule has 0 N–H and O–H groups in total. The Morgan fingerprint density at radius 2 is 1.44 bits per heavy atom. The van der Waals surface area contributed by atoms with Gasteiger partial charge in [0.05, 0.1) is 12.2 Å². The fourth-order valence-corrected chi connectivity index (χ4v) is 0.908. The third kappa shape index (κ3) is 2.33. The van der Waals surface area contributed by atoms with Crippen LogP contribution in [0.25, 0.3) is 0 Å². The first-order valence-electron chi connectivity index (χ1n) is 3.52. The summed E-state index contributed by atoms with van der Waals surface area (Å²) < 4.78 is 10.5. The summed E-state index contributed by atoms with van der Waals surface area (Å²) >= 11 is 0. The maximum absolute atomic E-state index is 5.25. The highest BCUT2D eigenvalue weighted by Crippen LogP contribution is 2.11. The van der Waals surface area contributed by atoms with Gasteiger partial charge >= 0.3 is 0 Å². The van der Waals surface area contributed by atoms with Gasteiger partial charge in [-0.1, -0.05) is 0 Å². The molecule has 0 aromatic carbocycles. The smallest absolute Gasteiger partial charge is 0.147 e. The molecule has 0 bridgehead atoms. The molecule has 0 aromatic rings. The van der Waals surface area contributed by atoms with Crippen molar-refractivity contribution in [1.29, 1.82) is 0 Å². The molecule has 0 spiro atoms. The van der Waals surface area contributed by atoms with Crippen LogP contribution in [0.15, 0.2) is 0 Å². The molecule has 0 aliphatic carbocycles. The van der Waals surface area contributed by atoms with E-state index in [1.54, 1.807) is 0 Å². The predicted octanol–water partition coefficient (Wildman–Crippen LogP) is 1.55. The van der Waals surface area contributed by atoms with Gasteiger partial charge in [0, 0.05) is 0 Å². The van der Waals surface area contributed by atoms with E-state index in [2.05, 4.69) is 13.8 Å². The Balaban J connectivity index is 2.25. The highest BCUT2D eigenvalue weighted by molar-refractivity contribution is 4.58. The topological polar surface area (TPSA) is 18.5 Å². The van der Waals surface area contributed by atoms with E-state index in [1.807, 2.05) is 0 Å². The van der Waals surface area contributed by atoms with Crippen molar-refractivity contribution in [3.05, 3.63) is 0 Å². The number of rotatable bonds is 0. The molecule has 0 unspecified atom stereocenters. The molecule has 0 radical (unpaired) electrons. The van der Waals surface area contributed by atoms with Crippen molar-refractivity contribution < 1.29 is 9.47 Å². The average Bonchev–Trinajstić information content (AvgIpc) is 1.97. The van der Waals surface area contributed by atoms with E-state index in [-0.39, 0.29) is 0 Å². The SMILES string of the molecule is C[C@@H]1CC[C@H](C)OCO1. The second kappa shape index (κ2) is 3.18. The molecule has 2 atom stereocenters. The van der Waals surface area contributed by atoms with Gasteiger partial charge in [0.2, 0.25) is 0 Å². The van der Waals surface area contributed by atoms with E-state index in [0.29, 0.717) is 19.0 Å². The summed E-state index contributed by atoms with van der Waals surface area (Å²) in [5.41, 5.74) is 0. The van der Waals surface area contributed by atoms with Crippen LogP contribution in [0, 0.1) is 0 Å². The van der Waals surface area contributed by atoms with Crippen molar-refractivity contribution in [2.45, 2.75) is 38.9 Å². The Morgan fingerprint density at radius 3 is 1.89 bits per heavy atom. The van der Waals surface area contributed by atoms with Gasteiger partial charge in [0.15, 0.2) is 0 Å². The molecule has 1 saturated heterocycles. The maximum Gasteiger partial charge on any atom is 0.147 e. The van der Waals surface area contributed by atoms with E-state index in [0.717, 1.165) is 12.8 Å². The van der Waals surface area contributed by atoms with Crippen molar-refractivity contribution in [3.63, 3.8) is 0 Å². The maximum atomic E-state index is 5.25. The lowest BCUT2D eigenvalue weighted by Crippen LogP contribution is -2.06. The zero-order chi connectivity index (χ0) is 6.69. The molecule has 0 saturated carbocycles. The van der Waals surface area contributed by atoms with Crippen LogP contribution in [-0.4, -0.2) is 19.0 Å². The van der Waals surface area contributed by atoms with Crippen molar-refractivity contribution >= 4 is 0 Å². The lowest BCUT2D eigenvalue weighted by molar-refractivity contribution is -0.0837. The first kappa shape index (κ1) is 7.03. The summed E-state index contributed by atoms with van der Waals surface area (Å²) in [6.45, 7) is 4.64. The van der Waals surface area contributed by atoms with Crippen LogP contribution < -0.4 is 0 Å². The summed E-state index contributed by atoms with van der Waals surface area (Å²) in [6.07, 6.45) is 3.02. The molecular weight excluding hydrogens is 116 g/mol. The summed E-state index contributed by atoms with van der Waals surface area (Å²) in [6, 6.07) is 0. The Kier molecular flexibility index (Phi) is 2.49. The van der Waals surface area contributed by atoms with Gasteiger partial charge < -0.3 is 9.47 Å². The van der Waals surface area contributed by atoms with Gasteiger partial charge in [-0.2, -0.15) is 0 Å². The lowest BCUT2D eigenvalue weighted by atomic mass is 10.1. The van der Waals surface area contributed by atoms with Gasteiger partial charge in [0.25, 0.3) is 0 Å². The minimum Gasteiger partial charge on any atom is -0.352 e. The van der Waals surface area contributed by atoms with Crippen LogP contribution in [0.2, 0.25) is 0 Å². The van der Waals surface area contributed by atoms with Crippen LogP contribution >= 0.6 is 0 Å². The van der Waals surface area contributed by atoms with Crippen molar-refractivity contribution in [2.24, 2.45) is 0 Å². The highest BCUT2D eigenvalue weighted by Gasteiger charge is 2.11. The molecule has 0 amide bonds. The standard InChI is InChI=1S/C7H14O2/c1-6-3-4-7(2)9-5-8-6/h6-7H,3-5H2,1-2H3/t6-,7+. The van der Waals surface area contributed by atoms with E-state index in [9.17, 15) is 0 Å². The van der Waals surface area contributed by atoms with Gasteiger partial charge in [-0.25, -0.2) is 0 Å². The fourth-order valence-electron chi connectivity index (χ4n) is 0.908. The molecule has 54 valence electrons. The Bertz CT molecular complexity index is 73.0. The Labute approximate surface area is 56.2 Å². The number of hydrogen-bond acceptors (Lipinski definition) is 2. The molecule has 9 heavy (non-hydrogen) atoms. The fraction of sp³-hybridized carbons (Fsp3) is 1.00. The van der Waals surface area contributed by atoms with Crippen LogP contribution in [0.1, 0.15) is 26.7 Å². The average molecular weight is 130 g/mol. The van der Waals surface area contributed by atoms with E-state index in [1.165, 1.54) is 0 Å². The van der Waals surface area contributed by atoms with E-state index < -0.39 is 0 Å². The summed E-state index contributed by atoms with van der Waals surface area (Å²) in [7, 11) is 0. The van der Waals surface area contributed by atoms with Crippen LogP contribution in [0.4, 0.5) is 0 Å². The van der Waals surface area contributed by atoms with Crippen LogP contribution in [0.3, 0.4) is 0 Å². The largest absolute Gasteiger partial charge is 0.352 e. The van der Waals surface area contributed by atoms with Crippen molar-refractivity contribution in [2.75, 3.05) is 6.79 Å². The molecule has 1 fully saturated rings. The number of ether oxygens (including phenoxy) is 2. The molecule has 1 aliphatic rings. The first-order chi connectivity index (χ1) is 4.29. The number of hydrogen-bond donors (Lipinski definition) is 0. The van der Waals surface area contributed by atoms with Crippen LogP contribution in [0.5, 0.6) is 0 Å². The van der Waals surface area contributed by atoms with Gasteiger partial charge in [-0.3, -0.25) is 0 Å². The van der Waals surface area contributed by atoms with Crippen molar-refractivity contribution in [1.82, 2.24) is 0 Å². The second-order valence-corrected chi connectivity index (χ2v) is 2.65. The van der Waals surface area contributed by atoms with Gasteiger partial charge in [-0.05, 0) is 26.7 Å². The monoisotopic (exact) mass is 130 g/mol. The minimum absolute atomic E-state index is 0.384. The lowest BCUT2D eigenvalue weighted by Gasteiger charge is -2.05. The quantitative estimate of drug-likeness (QED) is 0.495. The van der Waals surface area contributed by atoms with Crippen LogP contribution in [-0.2, 0) is 9.47 Å². The Morgan fingerprint density at radius 1 is 1.00 bits per heavy atom. The minimum atomic E-state index is 0.384. The molecule has 1 heterocycles. The Hall–Kier alpha value is -0.0800. The van der Waals surface area contributed by atoms with E-state index in [4.69, 9.17) is 9.47 Å². The third-order valence-corrected chi connectivity index (χ3v) is 1.68. The zero-order valence-electron chi connectivity index (χ0n) is 6.09. The molecular formula is C7H14O2. The predicted molar refractivity (Wildman–Crippen MR) is 35.2 cm³/mol. The summed E-state index contributed by atoms with van der Waals surface area (Å²) in [5.74, 6) is 0. The normalized spacial score (nSPS) is 38.0. The summed E-state index contributed by atoms with van der Waals surface area (Å²) in [4.78, 5) is 0. The zero-order valence-corrected chi connectivity index (χ0v) is 6.09. The van der Waals surface area contributed by atoms with Gasteiger partial charge in [-0.15, -0.1) is 0 Å². The highest BCUT2D eigenvalue weighted by atomic mass is 16.7. The first-order valence-corrected chi connectivity index (χ1v) is 3.52. The van der Waals surface area contributed by atoms with Gasteiger partial charge in [0.1, 0.15) is 6.79 Å².